The minimum absolute atomic E-state index is 0.0135. The fraction of sp³-hybridized carbons (Fsp3) is 0.900. The van der Waals surface area contributed by atoms with Gasteiger partial charge >= 0.3 is 0 Å². The molecule has 5 heteroatoms. The molecule has 3 unspecified atom stereocenters. The Labute approximate surface area is 91.9 Å². The van der Waals surface area contributed by atoms with Gasteiger partial charge in [-0.25, -0.2) is 8.42 Å². The minimum atomic E-state index is -3.42. The SMILES string of the molecule is CC1CCCN(S(=O)(=O)C(C)C#N)C1C. The van der Waals surface area contributed by atoms with Gasteiger partial charge in [-0.1, -0.05) is 6.92 Å². The summed E-state index contributed by atoms with van der Waals surface area (Å²) in [6, 6.07) is 1.82. The van der Waals surface area contributed by atoms with E-state index in [4.69, 9.17) is 5.26 Å². The molecule has 1 fully saturated rings. The second kappa shape index (κ2) is 4.50. The maximum Gasteiger partial charge on any atom is 0.230 e. The molecular weight excluding hydrogens is 212 g/mol. The summed E-state index contributed by atoms with van der Waals surface area (Å²) >= 11 is 0. The summed E-state index contributed by atoms with van der Waals surface area (Å²) in [7, 11) is -3.42. The van der Waals surface area contributed by atoms with Crippen molar-refractivity contribution in [3.05, 3.63) is 0 Å². The first-order chi connectivity index (χ1) is 6.91. The van der Waals surface area contributed by atoms with Gasteiger partial charge in [0.15, 0.2) is 5.25 Å². The van der Waals surface area contributed by atoms with Crippen LogP contribution in [0.4, 0.5) is 0 Å². The van der Waals surface area contributed by atoms with E-state index in [1.165, 1.54) is 11.2 Å². The predicted octanol–water partition coefficient (Wildman–Crippen LogP) is 1.35. The highest BCUT2D eigenvalue weighted by atomic mass is 32.2. The molecule has 0 aliphatic carbocycles. The third-order valence-electron chi connectivity index (χ3n) is 3.27. The molecule has 0 aromatic rings. The molecule has 0 aromatic heterocycles. The summed E-state index contributed by atoms with van der Waals surface area (Å²) in [5.74, 6) is 0.374. The van der Waals surface area contributed by atoms with Crippen molar-refractivity contribution in [2.24, 2.45) is 5.92 Å². The monoisotopic (exact) mass is 230 g/mol. The van der Waals surface area contributed by atoms with E-state index in [0.29, 0.717) is 12.5 Å². The lowest BCUT2D eigenvalue weighted by atomic mass is 9.94. The van der Waals surface area contributed by atoms with Crippen LogP contribution in [0, 0.1) is 17.2 Å². The zero-order valence-corrected chi connectivity index (χ0v) is 10.3. The van der Waals surface area contributed by atoms with Crippen molar-refractivity contribution >= 4 is 10.0 Å². The molecule has 15 heavy (non-hydrogen) atoms. The van der Waals surface area contributed by atoms with Gasteiger partial charge in [0, 0.05) is 12.6 Å². The zero-order valence-electron chi connectivity index (χ0n) is 9.47. The highest BCUT2D eigenvalue weighted by Crippen LogP contribution is 2.26. The average Bonchev–Trinajstić information content (AvgIpc) is 2.20. The Morgan fingerprint density at radius 2 is 2.07 bits per heavy atom. The average molecular weight is 230 g/mol. The van der Waals surface area contributed by atoms with Gasteiger partial charge in [-0.2, -0.15) is 9.57 Å². The molecule has 0 radical (unpaired) electrons. The van der Waals surface area contributed by atoms with E-state index >= 15 is 0 Å². The van der Waals surface area contributed by atoms with Crippen molar-refractivity contribution in [2.45, 2.75) is 44.9 Å². The molecule has 1 saturated heterocycles. The largest absolute Gasteiger partial charge is 0.230 e. The smallest absolute Gasteiger partial charge is 0.211 e. The number of nitrogens with zero attached hydrogens (tertiary/aromatic N) is 2. The molecule has 0 amide bonds. The first kappa shape index (κ1) is 12.5. The van der Waals surface area contributed by atoms with Crippen LogP contribution < -0.4 is 0 Å². The second-order valence-corrected chi connectivity index (χ2v) is 6.49. The van der Waals surface area contributed by atoms with Crippen molar-refractivity contribution in [3.63, 3.8) is 0 Å². The van der Waals surface area contributed by atoms with E-state index < -0.39 is 15.3 Å². The third-order valence-corrected chi connectivity index (χ3v) is 5.44. The molecule has 0 bridgehead atoms. The summed E-state index contributed by atoms with van der Waals surface area (Å²) in [4.78, 5) is 0. The van der Waals surface area contributed by atoms with Crippen molar-refractivity contribution in [3.8, 4) is 6.07 Å². The van der Waals surface area contributed by atoms with Crippen molar-refractivity contribution < 1.29 is 8.42 Å². The molecule has 3 atom stereocenters. The van der Waals surface area contributed by atoms with E-state index in [1.807, 2.05) is 13.0 Å². The van der Waals surface area contributed by atoms with Crippen LogP contribution in [0.25, 0.3) is 0 Å². The molecule has 1 aliphatic rings. The van der Waals surface area contributed by atoms with Crippen molar-refractivity contribution in [1.29, 1.82) is 5.26 Å². The first-order valence-corrected chi connectivity index (χ1v) is 6.82. The van der Waals surface area contributed by atoms with Crippen LogP contribution in [-0.4, -0.2) is 30.6 Å². The molecule has 0 spiro atoms. The van der Waals surface area contributed by atoms with Crippen molar-refractivity contribution in [1.82, 2.24) is 4.31 Å². The van der Waals surface area contributed by atoms with E-state index in [9.17, 15) is 8.42 Å². The van der Waals surface area contributed by atoms with Crippen LogP contribution in [-0.2, 0) is 10.0 Å². The van der Waals surface area contributed by atoms with Crippen LogP contribution in [0.15, 0.2) is 0 Å². The van der Waals surface area contributed by atoms with Crippen LogP contribution in [0.2, 0.25) is 0 Å². The lowest BCUT2D eigenvalue weighted by Gasteiger charge is -2.37. The van der Waals surface area contributed by atoms with Gasteiger partial charge in [0.05, 0.1) is 6.07 Å². The normalized spacial score (nSPS) is 30.8. The van der Waals surface area contributed by atoms with E-state index in [1.54, 1.807) is 0 Å². The van der Waals surface area contributed by atoms with E-state index in [2.05, 4.69) is 6.92 Å². The van der Waals surface area contributed by atoms with Crippen molar-refractivity contribution in [2.75, 3.05) is 6.54 Å². The van der Waals surface area contributed by atoms with Gasteiger partial charge in [-0.15, -0.1) is 0 Å². The molecule has 1 aliphatic heterocycles. The van der Waals surface area contributed by atoms with Gasteiger partial charge < -0.3 is 0 Å². The standard InChI is InChI=1S/C10H18N2O2S/c1-8-5-4-6-12(10(8)3)15(13,14)9(2)7-11/h8-10H,4-6H2,1-3H3. The highest BCUT2D eigenvalue weighted by molar-refractivity contribution is 7.90. The maximum absolute atomic E-state index is 12.0. The molecule has 4 nitrogen and oxygen atoms in total. The summed E-state index contributed by atoms with van der Waals surface area (Å²) in [6.07, 6.45) is 1.96. The van der Waals surface area contributed by atoms with E-state index in [-0.39, 0.29) is 6.04 Å². The van der Waals surface area contributed by atoms with E-state index in [0.717, 1.165) is 12.8 Å². The Balaban J connectivity index is 2.93. The topological polar surface area (TPSA) is 61.2 Å². The summed E-state index contributed by atoms with van der Waals surface area (Å²) in [6.45, 7) is 5.98. The maximum atomic E-state index is 12.0. The molecule has 1 rings (SSSR count). The Bertz CT molecular complexity index is 358. The highest BCUT2D eigenvalue weighted by Gasteiger charge is 2.36. The number of nitriles is 1. The Morgan fingerprint density at radius 3 is 2.60 bits per heavy atom. The Hall–Kier alpha value is -0.600. The number of hydrogen-bond acceptors (Lipinski definition) is 3. The van der Waals surface area contributed by atoms with Crippen LogP contribution >= 0.6 is 0 Å². The predicted molar refractivity (Wildman–Crippen MR) is 58.6 cm³/mol. The summed E-state index contributed by atoms with van der Waals surface area (Å²) in [5, 5.41) is 7.76. The lowest BCUT2D eigenvalue weighted by molar-refractivity contribution is 0.201. The third kappa shape index (κ3) is 2.32. The molecule has 0 saturated carbocycles. The number of sulfonamides is 1. The van der Waals surface area contributed by atoms with Crippen LogP contribution in [0.3, 0.4) is 0 Å². The van der Waals surface area contributed by atoms with Gasteiger partial charge in [0.1, 0.15) is 0 Å². The van der Waals surface area contributed by atoms with Gasteiger partial charge in [0.25, 0.3) is 0 Å². The fourth-order valence-corrected chi connectivity index (χ4v) is 3.52. The van der Waals surface area contributed by atoms with Crippen LogP contribution in [0.1, 0.15) is 33.6 Å². The number of hydrogen-bond donors (Lipinski definition) is 0. The minimum Gasteiger partial charge on any atom is -0.211 e. The fourth-order valence-electron chi connectivity index (χ4n) is 1.93. The lowest BCUT2D eigenvalue weighted by Crippen LogP contribution is -2.48. The molecule has 1 heterocycles. The summed E-state index contributed by atoms with van der Waals surface area (Å²) in [5.41, 5.74) is 0. The number of rotatable bonds is 2. The summed E-state index contributed by atoms with van der Waals surface area (Å²) < 4.78 is 25.4. The van der Waals surface area contributed by atoms with Gasteiger partial charge in [-0.05, 0) is 32.6 Å². The number of piperidine rings is 1. The Kier molecular flexibility index (Phi) is 3.74. The first-order valence-electron chi connectivity index (χ1n) is 5.31. The molecule has 0 aromatic carbocycles. The molecular formula is C10H18N2O2S. The van der Waals surface area contributed by atoms with Gasteiger partial charge in [-0.3, -0.25) is 0 Å². The van der Waals surface area contributed by atoms with Gasteiger partial charge in [0.2, 0.25) is 10.0 Å². The Morgan fingerprint density at radius 1 is 1.47 bits per heavy atom. The molecule has 0 N–H and O–H groups in total. The second-order valence-electron chi connectivity index (χ2n) is 4.29. The zero-order chi connectivity index (χ0) is 11.6. The quantitative estimate of drug-likeness (QED) is 0.719. The molecule has 86 valence electrons. The van der Waals surface area contributed by atoms with Crippen LogP contribution in [0.5, 0.6) is 0 Å².